The van der Waals surface area contributed by atoms with E-state index < -0.39 is 5.82 Å². The Kier molecular flexibility index (Phi) is 10.7. The summed E-state index contributed by atoms with van der Waals surface area (Å²) in [5, 5.41) is 19.2. The van der Waals surface area contributed by atoms with Gasteiger partial charge in [-0.1, -0.05) is 18.5 Å². The van der Waals surface area contributed by atoms with Crippen molar-refractivity contribution in [2.75, 3.05) is 19.0 Å². The number of aromatic nitrogens is 3. The van der Waals surface area contributed by atoms with Crippen LogP contribution in [0.25, 0.3) is 16.6 Å². The van der Waals surface area contributed by atoms with Gasteiger partial charge >= 0.3 is 0 Å². The largest absolute Gasteiger partial charge is 0.483 e. The molecule has 0 bridgehead atoms. The first-order chi connectivity index (χ1) is 20.4. The molecule has 5 N–H and O–H groups in total. The molecule has 1 aliphatic carbocycles. The molecule has 1 aromatic carbocycles. The lowest BCUT2D eigenvalue weighted by atomic mass is 9.90. The zero-order valence-electron chi connectivity index (χ0n) is 23.6. The molecule has 1 fully saturated rings. The highest BCUT2D eigenvalue weighted by Crippen LogP contribution is 2.33. The fourth-order valence-corrected chi connectivity index (χ4v) is 5.15. The normalized spacial score (nSPS) is 16.9. The van der Waals surface area contributed by atoms with Crippen molar-refractivity contribution in [3.05, 3.63) is 71.4 Å². The number of benzene rings is 1. The fourth-order valence-electron chi connectivity index (χ4n) is 4.99. The molecule has 3 aromatic heterocycles. The number of halogens is 2. The summed E-state index contributed by atoms with van der Waals surface area (Å²) in [4.78, 5) is 17.2. The van der Waals surface area contributed by atoms with Gasteiger partial charge in [-0.25, -0.2) is 18.9 Å². The van der Waals surface area contributed by atoms with Crippen LogP contribution in [0.4, 0.5) is 15.8 Å². The molecular formula is C30H35ClFN7O3. The highest BCUT2D eigenvalue weighted by atomic mass is 35.5. The van der Waals surface area contributed by atoms with Crippen molar-refractivity contribution in [3.63, 3.8) is 0 Å². The number of nitrogens with zero attached hydrogens (tertiary/aromatic N) is 4. The van der Waals surface area contributed by atoms with Crippen molar-refractivity contribution in [3.8, 4) is 17.0 Å². The molecule has 0 spiro atoms. The van der Waals surface area contributed by atoms with Crippen LogP contribution < -0.4 is 21.1 Å². The van der Waals surface area contributed by atoms with Gasteiger partial charge in [-0.05, 0) is 62.9 Å². The van der Waals surface area contributed by atoms with Gasteiger partial charge in [-0.15, -0.1) is 0 Å². The Morgan fingerprint density at radius 1 is 1.19 bits per heavy atom. The monoisotopic (exact) mass is 595 g/mol. The van der Waals surface area contributed by atoms with Crippen LogP contribution in [0.1, 0.15) is 44.6 Å². The van der Waals surface area contributed by atoms with Gasteiger partial charge in [0, 0.05) is 47.7 Å². The molecule has 42 heavy (non-hydrogen) atoms. The van der Waals surface area contributed by atoms with Gasteiger partial charge in [0.1, 0.15) is 11.7 Å². The van der Waals surface area contributed by atoms with E-state index >= 15 is 0 Å². The maximum absolute atomic E-state index is 13.9. The second-order valence-corrected chi connectivity index (χ2v) is 10.3. The number of aliphatic imine (C=N–C) groups is 1. The van der Waals surface area contributed by atoms with Crippen LogP contribution >= 0.6 is 11.6 Å². The molecule has 0 amide bonds. The maximum atomic E-state index is 13.9. The quantitative estimate of drug-likeness (QED) is 0.110. The van der Waals surface area contributed by atoms with Crippen molar-refractivity contribution in [1.29, 1.82) is 0 Å². The van der Waals surface area contributed by atoms with Gasteiger partial charge in [0.25, 0.3) is 6.47 Å². The Labute approximate surface area is 248 Å². The standard InChI is InChI=1S/C29H33ClFN7O.CH2O2/c1-3-12-33-21-6-8-22(9-7-21)36-28-23(29(32)37-25-14-20(31)5-10-24(25)30)16-35-38-17-19(13-26(28)38)18-4-11-27(39-2)34-15-18;2-1-3/h4-5,10-11,13-17,21-22,33,36H,3,6-9,12H2,1-2H3,(H2,32,37);1H,(H,2,3)/t21-,22-;. The van der Waals surface area contributed by atoms with E-state index in [1.54, 1.807) is 19.5 Å². The van der Waals surface area contributed by atoms with E-state index in [0.717, 1.165) is 61.0 Å². The summed E-state index contributed by atoms with van der Waals surface area (Å²) in [5.41, 5.74) is 11.0. The SMILES string of the molecule is CCCN[C@H]1CC[C@H](Nc2c(C(N)=Nc3cc(F)ccc3Cl)cnn3cc(-c4ccc(OC)nc4)cc23)CC1.O=CO. The smallest absolute Gasteiger partial charge is 0.290 e. The van der Waals surface area contributed by atoms with Crippen LogP contribution in [0.2, 0.25) is 5.02 Å². The molecule has 222 valence electrons. The topological polar surface area (TPSA) is 139 Å². The zero-order valence-corrected chi connectivity index (χ0v) is 24.3. The van der Waals surface area contributed by atoms with E-state index in [2.05, 4.69) is 38.7 Å². The molecule has 10 nitrogen and oxygen atoms in total. The summed E-state index contributed by atoms with van der Waals surface area (Å²) >= 11 is 6.28. The van der Waals surface area contributed by atoms with E-state index in [-0.39, 0.29) is 24.0 Å². The number of ether oxygens (including phenoxy) is 1. The predicted octanol–water partition coefficient (Wildman–Crippen LogP) is 5.66. The van der Waals surface area contributed by atoms with Crippen LogP contribution in [-0.4, -0.2) is 57.8 Å². The number of pyridine rings is 1. The maximum Gasteiger partial charge on any atom is 0.290 e. The van der Waals surface area contributed by atoms with E-state index in [9.17, 15) is 4.39 Å². The summed E-state index contributed by atoms with van der Waals surface area (Å²) in [6, 6.07) is 10.7. The van der Waals surface area contributed by atoms with Crippen molar-refractivity contribution in [2.45, 2.75) is 51.1 Å². The molecule has 0 saturated heterocycles. The van der Waals surface area contributed by atoms with Crippen molar-refractivity contribution in [1.82, 2.24) is 19.9 Å². The average molecular weight is 596 g/mol. The fraction of sp³-hybridized carbons (Fsp3) is 0.333. The molecule has 0 unspecified atom stereocenters. The summed E-state index contributed by atoms with van der Waals surface area (Å²) in [5.74, 6) is 0.317. The van der Waals surface area contributed by atoms with Crippen molar-refractivity contribution in [2.24, 2.45) is 10.7 Å². The number of anilines is 1. The third-order valence-electron chi connectivity index (χ3n) is 7.10. The van der Waals surface area contributed by atoms with Crippen LogP contribution in [0, 0.1) is 5.82 Å². The Bertz CT molecular complexity index is 1520. The molecule has 0 radical (unpaired) electrons. The van der Waals surface area contributed by atoms with Crippen LogP contribution in [-0.2, 0) is 4.79 Å². The van der Waals surface area contributed by atoms with E-state index in [1.807, 2.05) is 22.8 Å². The minimum absolute atomic E-state index is 0.201. The van der Waals surface area contributed by atoms with Crippen LogP contribution in [0.5, 0.6) is 5.88 Å². The zero-order chi connectivity index (χ0) is 30.1. The number of methoxy groups -OCH3 is 1. The first-order valence-corrected chi connectivity index (χ1v) is 14.1. The van der Waals surface area contributed by atoms with Crippen LogP contribution in [0.3, 0.4) is 0 Å². The lowest BCUT2D eigenvalue weighted by Crippen LogP contribution is -2.37. The minimum atomic E-state index is -0.435. The predicted molar refractivity (Wildman–Crippen MR) is 163 cm³/mol. The van der Waals surface area contributed by atoms with Gasteiger partial charge in [0.05, 0.1) is 40.8 Å². The summed E-state index contributed by atoms with van der Waals surface area (Å²) in [6.07, 6.45) is 10.8. The molecule has 0 aliphatic heterocycles. The highest BCUT2D eigenvalue weighted by Gasteiger charge is 2.23. The Morgan fingerprint density at radius 3 is 2.60 bits per heavy atom. The van der Waals surface area contributed by atoms with Gasteiger partial charge in [0.15, 0.2) is 0 Å². The van der Waals surface area contributed by atoms with Crippen molar-refractivity contribution >= 4 is 40.8 Å². The van der Waals surface area contributed by atoms with Gasteiger partial charge < -0.3 is 26.2 Å². The van der Waals surface area contributed by atoms with Crippen LogP contribution in [0.15, 0.2) is 60.0 Å². The third kappa shape index (κ3) is 7.54. The van der Waals surface area contributed by atoms with Crippen molar-refractivity contribution < 1.29 is 19.0 Å². The second kappa shape index (κ2) is 14.6. The van der Waals surface area contributed by atoms with Gasteiger partial charge in [-0.3, -0.25) is 4.79 Å². The first-order valence-electron chi connectivity index (χ1n) is 13.8. The summed E-state index contributed by atoms with van der Waals surface area (Å²) in [7, 11) is 1.59. The van der Waals surface area contributed by atoms with Gasteiger partial charge in [-0.2, -0.15) is 5.10 Å². The molecule has 4 aromatic rings. The number of hydrogen-bond donors (Lipinski definition) is 4. The van der Waals surface area contributed by atoms with E-state index in [0.29, 0.717) is 22.5 Å². The molecule has 5 rings (SSSR count). The summed E-state index contributed by atoms with van der Waals surface area (Å²) < 4.78 is 20.9. The van der Waals surface area contributed by atoms with E-state index in [1.165, 1.54) is 18.2 Å². The number of carbonyl (C=O) groups is 1. The number of rotatable bonds is 9. The lowest BCUT2D eigenvalue weighted by molar-refractivity contribution is -0.122. The number of nitrogens with one attached hydrogen (secondary N) is 2. The third-order valence-corrected chi connectivity index (χ3v) is 7.42. The molecule has 0 atom stereocenters. The molecule has 3 heterocycles. The molecule has 1 aliphatic rings. The minimum Gasteiger partial charge on any atom is -0.483 e. The Balaban J connectivity index is 0.00000129. The lowest BCUT2D eigenvalue weighted by Gasteiger charge is -2.31. The van der Waals surface area contributed by atoms with E-state index in [4.69, 9.17) is 32.0 Å². The number of nitrogens with two attached hydrogens (primary N) is 1. The summed E-state index contributed by atoms with van der Waals surface area (Å²) in [6.45, 7) is 2.98. The second-order valence-electron chi connectivity index (χ2n) is 9.93. The first kappa shape index (κ1) is 30.7. The Hall–Kier alpha value is -4.22. The average Bonchev–Trinajstić information content (AvgIpc) is 3.44. The number of carboxylic acid groups (broad SMARTS) is 1. The number of hydrogen-bond acceptors (Lipinski definition) is 7. The highest BCUT2D eigenvalue weighted by molar-refractivity contribution is 6.33. The number of fused-ring (bicyclic) bond motifs is 1. The molecular weight excluding hydrogens is 561 g/mol. The van der Waals surface area contributed by atoms with Gasteiger partial charge in [0.2, 0.25) is 5.88 Å². The Morgan fingerprint density at radius 2 is 1.93 bits per heavy atom. The number of amidine groups is 1. The molecule has 12 heteroatoms. The molecule has 1 saturated carbocycles.